The first kappa shape index (κ1) is 49.6. The van der Waals surface area contributed by atoms with E-state index in [-0.39, 0.29) is 30.1 Å². The quantitative estimate of drug-likeness (QED) is 0.165. The Morgan fingerprint density at radius 1 is 0.785 bits per heavy atom. The van der Waals surface area contributed by atoms with Crippen LogP contribution in [0.25, 0.3) is 12.2 Å². The summed E-state index contributed by atoms with van der Waals surface area (Å²) in [7, 11) is 3.10. The summed E-state index contributed by atoms with van der Waals surface area (Å²) in [6.07, 6.45) is 14.8. The minimum atomic E-state index is -0.622. The van der Waals surface area contributed by atoms with Crippen LogP contribution in [-0.4, -0.2) is 92.0 Å². The van der Waals surface area contributed by atoms with Crippen molar-refractivity contribution in [2.75, 3.05) is 40.4 Å². The van der Waals surface area contributed by atoms with Crippen molar-refractivity contribution >= 4 is 24.2 Å². The molecule has 4 aliphatic rings. The number of nitrogens with one attached hydrogen (secondary N) is 2. The van der Waals surface area contributed by atoms with E-state index in [1.54, 1.807) is 37.5 Å². The Hall–Kier alpha value is -4.88. The fourth-order valence-electron chi connectivity index (χ4n) is 10.2. The maximum Gasteiger partial charge on any atom is 0.410 e. The van der Waals surface area contributed by atoms with Crippen LogP contribution in [0.2, 0.25) is 0 Å². The van der Waals surface area contributed by atoms with Crippen LogP contribution in [0.5, 0.6) is 11.5 Å². The van der Waals surface area contributed by atoms with Crippen LogP contribution in [0, 0.1) is 35.1 Å². The topological polar surface area (TPSA) is 92.4 Å². The number of fused-ring (bicyclic) bond motifs is 2. The standard InChI is InChI=1S/C28H34F2N2O3.C24H34F2N2O2/c1-18(12-19-8-10-22(29)15-24(19)30)16-32(17-23-13-20-6-4-5-7-25(20)31-23)28(33)21-9-11-26(34-2)27(14-21)35-3;1-16(11-17-9-10-19(25)13-21(17)26)14-27-15-20-12-18-7-5-6-8-22(18)28(20)23(29)30-24(2,3)4/h8-12,14-15,20,23,25,31H,4-7,13,16-17H2,1-3H3;9-11,13,18,20,22,27H,5-8,12,14-15H2,1-4H3/b18-12+;16-11+/t20-,23-,25-;18-,20-,22-/m00/s1. The van der Waals surface area contributed by atoms with Gasteiger partial charge in [-0.3, -0.25) is 4.79 Å². The maximum absolute atomic E-state index is 14.2. The number of hydrogen-bond acceptors (Lipinski definition) is 7. The fourth-order valence-corrected chi connectivity index (χ4v) is 10.2. The van der Waals surface area contributed by atoms with Gasteiger partial charge in [-0.25, -0.2) is 22.4 Å². The van der Waals surface area contributed by atoms with Gasteiger partial charge in [0.15, 0.2) is 11.5 Å². The number of carbonyl (C=O) groups excluding carboxylic acids is 2. The van der Waals surface area contributed by atoms with Crippen LogP contribution in [0.1, 0.15) is 120 Å². The Balaban J connectivity index is 0.000000218. The Kier molecular flexibility index (Phi) is 17.2. The largest absolute Gasteiger partial charge is 0.493 e. The average Bonchev–Trinajstić information content (AvgIpc) is 3.85. The normalized spacial score (nSPS) is 23.2. The number of likely N-dealkylation sites (tertiary alicyclic amines) is 1. The first-order chi connectivity index (χ1) is 31.0. The van der Waals surface area contributed by atoms with Crippen molar-refractivity contribution in [2.45, 2.75) is 129 Å². The molecule has 2 N–H and O–H groups in total. The lowest BCUT2D eigenvalue weighted by Gasteiger charge is -2.35. The second-order valence-corrected chi connectivity index (χ2v) is 19.3. The molecule has 13 heteroatoms. The Bertz CT molecular complexity index is 2160. The number of benzene rings is 3. The Morgan fingerprint density at radius 3 is 2.02 bits per heavy atom. The fraction of sp³-hybridized carbons (Fsp3) is 0.538. The third kappa shape index (κ3) is 13.6. The number of amides is 2. The van der Waals surface area contributed by atoms with E-state index >= 15 is 0 Å². The summed E-state index contributed by atoms with van der Waals surface area (Å²) in [4.78, 5) is 30.4. The molecule has 7 rings (SSSR count). The zero-order valence-electron chi connectivity index (χ0n) is 39.2. The highest BCUT2D eigenvalue weighted by molar-refractivity contribution is 5.95. The number of rotatable bonds is 13. The van der Waals surface area contributed by atoms with E-state index in [2.05, 4.69) is 10.6 Å². The molecule has 354 valence electrons. The number of carbonyl (C=O) groups is 2. The molecule has 2 aliphatic carbocycles. The predicted molar refractivity (Wildman–Crippen MR) is 248 cm³/mol. The minimum Gasteiger partial charge on any atom is -0.493 e. The van der Waals surface area contributed by atoms with E-state index < -0.39 is 28.9 Å². The SMILES string of the molecule is C/C(=C\c1ccc(F)cc1F)CNC[C@@H]1C[C@@H]2CCCC[C@@H]2N1C(=O)OC(C)(C)C.COc1ccc(C(=O)N(C/C(C)=C/c2ccc(F)cc2F)C[C@@H]2C[C@@H]3CCCC[C@@H]3N2)cc1OC. The van der Waals surface area contributed by atoms with Gasteiger partial charge >= 0.3 is 6.09 Å². The lowest BCUT2D eigenvalue weighted by molar-refractivity contribution is 0.0105. The molecular formula is C52H68F4N4O5. The van der Waals surface area contributed by atoms with Gasteiger partial charge in [0.25, 0.3) is 5.91 Å². The van der Waals surface area contributed by atoms with Gasteiger partial charge in [-0.2, -0.15) is 0 Å². The molecule has 9 nitrogen and oxygen atoms in total. The highest BCUT2D eigenvalue weighted by Gasteiger charge is 2.45. The molecule has 0 aromatic heterocycles. The van der Waals surface area contributed by atoms with Crippen LogP contribution in [0.3, 0.4) is 0 Å². The summed E-state index contributed by atoms with van der Waals surface area (Å²) in [5, 5.41) is 7.17. The van der Waals surface area contributed by atoms with Gasteiger partial charge in [0.05, 0.1) is 14.2 Å². The van der Waals surface area contributed by atoms with Crippen LogP contribution in [0.4, 0.5) is 22.4 Å². The summed E-state index contributed by atoms with van der Waals surface area (Å²) in [5.74, 6) is -0.255. The summed E-state index contributed by atoms with van der Waals surface area (Å²) >= 11 is 0. The van der Waals surface area contributed by atoms with E-state index in [0.717, 1.165) is 49.0 Å². The highest BCUT2D eigenvalue weighted by atomic mass is 19.1. The maximum atomic E-state index is 14.2. The lowest BCUT2D eigenvalue weighted by atomic mass is 9.85. The van der Waals surface area contributed by atoms with Crippen molar-refractivity contribution in [2.24, 2.45) is 11.8 Å². The molecule has 0 radical (unpaired) electrons. The zero-order chi connectivity index (χ0) is 46.8. The van der Waals surface area contributed by atoms with Crippen LogP contribution in [-0.2, 0) is 4.74 Å². The third-order valence-electron chi connectivity index (χ3n) is 13.1. The van der Waals surface area contributed by atoms with E-state index in [1.165, 1.54) is 69.9 Å². The van der Waals surface area contributed by atoms with E-state index in [0.29, 0.717) is 72.2 Å². The lowest BCUT2D eigenvalue weighted by Crippen LogP contribution is -2.48. The van der Waals surface area contributed by atoms with Gasteiger partial charge in [-0.15, -0.1) is 0 Å². The van der Waals surface area contributed by atoms with Crippen molar-refractivity contribution < 1.29 is 41.4 Å². The van der Waals surface area contributed by atoms with Crippen LogP contribution >= 0.6 is 0 Å². The van der Waals surface area contributed by atoms with E-state index in [1.807, 2.05) is 44.4 Å². The van der Waals surface area contributed by atoms with Crippen LogP contribution in [0.15, 0.2) is 65.7 Å². The molecule has 4 fully saturated rings. The molecule has 0 spiro atoms. The average molecular weight is 905 g/mol. The van der Waals surface area contributed by atoms with Crippen molar-refractivity contribution in [3.05, 3.63) is 106 Å². The van der Waals surface area contributed by atoms with Crippen LogP contribution < -0.4 is 20.1 Å². The molecule has 2 aliphatic heterocycles. The second-order valence-electron chi connectivity index (χ2n) is 19.3. The number of methoxy groups -OCH3 is 2. The highest BCUT2D eigenvalue weighted by Crippen LogP contribution is 2.40. The molecule has 2 heterocycles. The van der Waals surface area contributed by atoms with E-state index in [9.17, 15) is 27.2 Å². The van der Waals surface area contributed by atoms with Crippen molar-refractivity contribution in [3.63, 3.8) is 0 Å². The van der Waals surface area contributed by atoms with Gasteiger partial charge in [0.1, 0.15) is 28.9 Å². The molecule has 65 heavy (non-hydrogen) atoms. The number of ether oxygens (including phenoxy) is 3. The monoisotopic (exact) mass is 905 g/mol. The second kappa shape index (κ2) is 22.5. The summed E-state index contributed by atoms with van der Waals surface area (Å²) < 4.78 is 70.9. The zero-order valence-corrected chi connectivity index (χ0v) is 39.2. The molecule has 0 unspecified atom stereocenters. The molecule has 2 saturated carbocycles. The van der Waals surface area contributed by atoms with Crippen molar-refractivity contribution in [1.82, 2.24) is 20.4 Å². The molecule has 3 aromatic carbocycles. The predicted octanol–water partition coefficient (Wildman–Crippen LogP) is 11.0. The molecule has 3 aromatic rings. The summed E-state index contributed by atoms with van der Waals surface area (Å²) in [6.45, 7) is 11.6. The molecular weight excluding hydrogens is 837 g/mol. The number of nitrogens with zero attached hydrogens (tertiary/aromatic N) is 2. The molecule has 0 bridgehead atoms. The first-order valence-corrected chi connectivity index (χ1v) is 23.3. The summed E-state index contributed by atoms with van der Waals surface area (Å²) in [5.41, 5.74) is 2.41. The van der Waals surface area contributed by atoms with Gasteiger partial charge < -0.3 is 34.6 Å². The third-order valence-corrected chi connectivity index (χ3v) is 13.1. The smallest absolute Gasteiger partial charge is 0.410 e. The summed E-state index contributed by atoms with van der Waals surface area (Å²) in [6, 6.07) is 13.4. The van der Waals surface area contributed by atoms with Gasteiger partial charge in [0, 0.05) is 79.2 Å². The van der Waals surface area contributed by atoms with Gasteiger partial charge in [-0.05, 0) is 127 Å². The Morgan fingerprint density at radius 2 is 1.40 bits per heavy atom. The first-order valence-electron chi connectivity index (χ1n) is 23.3. The molecule has 2 amide bonds. The van der Waals surface area contributed by atoms with Gasteiger partial charge in [0.2, 0.25) is 0 Å². The van der Waals surface area contributed by atoms with E-state index in [4.69, 9.17) is 14.2 Å². The molecule has 2 saturated heterocycles. The van der Waals surface area contributed by atoms with Crippen molar-refractivity contribution in [1.29, 1.82) is 0 Å². The number of halogens is 4. The van der Waals surface area contributed by atoms with Gasteiger partial charge in [-0.1, -0.05) is 49.0 Å². The Labute approximate surface area is 383 Å². The molecule has 6 atom stereocenters. The van der Waals surface area contributed by atoms with Crippen molar-refractivity contribution in [3.8, 4) is 11.5 Å². The minimum absolute atomic E-state index is 0.100. The number of hydrogen-bond donors (Lipinski definition) is 2.